The third-order valence-electron chi connectivity index (χ3n) is 2.48. The number of carboxylic acid groups (broad SMARTS) is 2. The van der Waals surface area contributed by atoms with Crippen molar-refractivity contribution in [3.63, 3.8) is 0 Å². The van der Waals surface area contributed by atoms with Crippen molar-refractivity contribution in [2.24, 2.45) is 0 Å². The molecule has 0 aliphatic rings. The molecule has 1 aromatic carbocycles. The molecule has 1 N–H and O–H groups in total. The first-order valence-corrected chi connectivity index (χ1v) is 6.05. The number of carboxylic acids is 2. The van der Waals surface area contributed by atoms with Gasteiger partial charge >= 0.3 is 59.1 Å². The average Bonchev–Trinajstić information content (AvgIpc) is 2.13. The minimum atomic E-state index is -4.76. The van der Waals surface area contributed by atoms with E-state index in [4.69, 9.17) is 4.55 Å². The Morgan fingerprint density at radius 1 is 1.00 bits per heavy atom. The molecule has 20 heavy (non-hydrogen) atoms. The van der Waals surface area contributed by atoms with Gasteiger partial charge in [0, 0.05) is 11.1 Å². The third-order valence-corrected chi connectivity index (χ3v) is 3.60. The minimum Gasteiger partial charge on any atom is -0.545 e. The molecule has 0 bridgehead atoms. The Hall–Kier alpha value is 0.0700. The summed E-state index contributed by atoms with van der Waals surface area (Å²) < 4.78 is 31.3. The van der Waals surface area contributed by atoms with Gasteiger partial charge in [-0.15, -0.1) is 0 Å². The van der Waals surface area contributed by atoms with Crippen molar-refractivity contribution in [3.05, 3.63) is 28.3 Å². The van der Waals surface area contributed by atoms with Gasteiger partial charge < -0.3 is 19.8 Å². The smallest absolute Gasteiger partial charge is 0.545 e. The SMILES string of the molecule is Cc1c(C(=O)[O-])cc(C(=O)[O-])c(C)c1S(=O)(=O)O.[Na+].[Na+]. The number of benzene rings is 1. The first kappa shape index (κ1) is 22.4. The molecule has 0 aliphatic heterocycles. The van der Waals surface area contributed by atoms with Crippen molar-refractivity contribution in [1.82, 2.24) is 0 Å². The Morgan fingerprint density at radius 2 is 1.30 bits per heavy atom. The van der Waals surface area contributed by atoms with Gasteiger partial charge in [-0.1, -0.05) is 0 Å². The van der Waals surface area contributed by atoms with Crippen molar-refractivity contribution < 1.29 is 91.9 Å². The van der Waals surface area contributed by atoms with Crippen molar-refractivity contribution >= 4 is 22.1 Å². The van der Waals surface area contributed by atoms with Crippen LogP contribution in [0, 0.1) is 13.8 Å². The number of carbonyl (C=O) groups excluding carboxylic acids is 2. The zero-order valence-electron chi connectivity index (χ0n) is 11.4. The van der Waals surface area contributed by atoms with Crippen LogP contribution < -0.4 is 69.3 Å². The van der Waals surface area contributed by atoms with Crippen LogP contribution >= 0.6 is 0 Å². The molecular formula is C10H8Na2O7S. The van der Waals surface area contributed by atoms with Gasteiger partial charge in [0.15, 0.2) is 0 Å². The summed E-state index contributed by atoms with van der Waals surface area (Å²) >= 11 is 0. The fourth-order valence-electron chi connectivity index (χ4n) is 1.70. The molecule has 0 saturated heterocycles. The molecule has 0 amide bonds. The molecule has 0 atom stereocenters. The Bertz CT molecular complexity index is 614. The van der Waals surface area contributed by atoms with Crippen molar-refractivity contribution in [3.8, 4) is 0 Å². The van der Waals surface area contributed by atoms with Gasteiger partial charge in [-0.05, 0) is 31.0 Å². The van der Waals surface area contributed by atoms with Crippen molar-refractivity contribution in [2.45, 2.75) is 18.7 Å². The van der Waals surface area contributed by atoms with Crippen molar-refractivity contribution in [2.75, 3.05) is 0 Å². The molecule has 0 spiro atoms. The van der Waals surface area contributed by atoms with E-state index < -0.39 is 38.1 Å². The van der Waals surface area contributed by atoms with Gasteiger partial charge in [0.05, 0.1) is 11.9 Å². The van der Waals surface area contributed by atoms with Crippen LogP contribution in [0.25, 0.3) is 0 Å². The topological polar surface area (TPSA) is 135 Å². The summed E-state index contributed by atoms with van der Waals surface area (Å²) in [6.07, 6.45) is 0. The standard InChI is InChI=1S/C10H10O7S.2Na/c1-4-6(9(11)12)3-7(10(13)14)5(2)8(4)18(15,16)17;;/h3H,1-2H3,(H,11,12)(H,13,14)(H,15,16,17);;/q;2*+1/p-2. The van der Waals surface area contributed by atoms with Crippen LogP contribution in [0.4, 0.5) is 0 Å². The van der Waals surface area contributed by atoms with Crippen LogP contribution in [0.2, 0.25) is 0 Å². The van der Waals surface area contributed by atoms with E-state index in [2.05, 4.69) is 0 Å². The van der Waals surface area contributed by atoms with E-state index in [-0.39, 0.29) is 70.2 Å². The second-order valence-electron chi connectivity index (χ2n) is 3.60. The normalized spacial score (nSPS) is 10.2. The van der Waals surface area contributed by atoms with Crippen LogP contribution in [0.15, 0.2) is 11.0 Å². The maximum absolute atomic E-state index is 11.2. The summed E-state index contributed by atoms with van der Waals surface area (Å²) in [6.45, 7) is 2.25. The molecule has 0 aliphatic carbocycles. The molecule has 0 aromatic heterocycles. The average molecular weight is 318 g/mol. The Labute approximate surface area is 159 Å². The Balaban J connectivity index is 0. The van der Waals surface area contributed by atoms with Gasteiger partial charge in [-0.2, -0.15) is 8.42 Å². The van der Waals surface area contributed by atoms with Gasteiger partial charge in [0.2, 0.25) is 0 Å². The Morgan fingerprint density at radius 3 is 1.50 bits per heavy atom. The third kappa shape index (κ3) is 4.54. The number of hydrogen-bond donors (Lipinski definition) is 1. The molecule has 0 heterocycles. The molecule has 1 aromatic rings. The number of rotatable bonds is 3. The first-order chi connectivity index (χ1) is 8.07. The molecule has 0 saturated carbocycles. The summed E-state index contributed by atoms with van der Waals surface area (Å²) in [5.74, 6) is -3.50. The zero-order valence-corrected chi connectivity index (χ0v) is 16.2. The second-order valence-corrected chi connectivity index (χ2v) is 4.96. The predicted octanol–water partition coefficient (Wildman–Crippen LogP) is -7.71. The molecule has 1 rings (SSSR count). The van der Waals surface area contributed by atoms with Crippen molar-refractivity contribution in [1.29, 1.82) is 0 Å². The van der Waals surface area contributed by atoms with E-state index in [1.54, 1.807) is 0 Å². The van der Waals surface area contributed by atoms with Gasteiger partial charge in [0.25, 0.3) is 10.1 Å². The predicted molar refractivity (Wildman–Crippen MR) is 54.4 cm³/mol. The van der Waals surface area contributed by atoms with Gasteiger partial charge in [-0.25, -0.2) is 0 Å². The van der Waals surface area contributed by atoms with Gasteiger partial charge in [0.1, 0.15) is 4.90 Å². The van der Waals surface area contributed by atoms with E-state index in [0.29, 0.717) is 0 Å². The molecular weight excluding hydrogens is 310 g/mol. The quantitative estimate of drug-likeness (QED) is 0.432. The largest absolute Gasteiger partial charge is 1.00 e. The maximum atomic E-state index is 11.2. The molecule has 0 radical (unpaired) electrons. The number of carbonyl (C=O) groups is 2. The van der Waals surface area contributed by atoms with E-state index in [9.17, 15) is 28.2 Å². The summed E-state index contributed by atoms with van der Waals surface area (Å²) in [5, 5.41) is 21.6. The molecule has 98 valence electrons. The number of aromatic carboxylic acids is 2. The fourth-order valence-corrected chi connectivity index (χ4v) is 2.69. The van der Waals surface area contributed by atoms with Crippen LogP contribution in [-0.2, 0) is 10.1 Å². The van der Waals surface area contributed by atoms with E-state index in [0.717, 1.165) is 19.9 Å². The van der Waals surface area contributed by atoms with E-state index in [1.165, 1.54) is 0 Å². The summed E-state index contributed by atoms with van der Waals surface area (Å²) in [5.41, 5.74) is -1.85. The van der Waals surface area contributed by atoms with E-state index >= 15 is 0 Å². The van der Waals surface area contributed by atoms with Crippen LogP contribution in [0.3, 0.4) is 0 Å². The van der Waals surface area contributed by atoms with Crippen LogP contribution in [0.5, 0.6) is 0 Å². The maximum Gasteiger partial charge on any atom is 1.00 e. The first-order valence-electron chi connectivity index (χ1n) is 4.61. The van der Waals surface area contributed by atoms with Crippen LogP contribution in [0.1, 0.15) is 31.8 Å². The molecule has 0 fully saturated rings. The summed E-state index contributed by atoms with van der Waals surface area (Å²) in [7, 11) is -4.76. The fraction of sp³-hybridized carbons (Fsp3) is 0.200. The summed E-state index contributed by atoms with van der Waals surface area (Å²) in [4.78, 5) is 20.8. The molecule has 10 heteroatoms. The minimum absolute atomic E-state index is 0. The molecule has 0 unspecified atom stereocenters. The summed E-state index contributed by atoms with van der Waals surface area (Å²) in [6, 6.07) is 0.740. The zero-order chi connectivity index (χ0) is 14.2. The second kappa shape index (κ2) is 7.90. The monoisotopic (exact) mass is 318 g/mol. The molecule has 7 nitrogen and oxygen atoms in total. The van der Waals surface area contributed by atoms with Gasteiger partial charge in [-0.3, -0.25) is 4.55 Å². The number of hydrogen-bond acceptors (Lipinski definition) is 6. The van der Waals surface area contributed by atoms with Crippen LogP contribution in [-0.4, -0.2) is 24.9 Å². The van der Waals surface area contributed by atoms with E-state index in [1.807, 2.05) is 0 Å². The Kier molecular flexibility index (Phi) is 8.83.